The zero-order valence-corrected chi connectivity index (χ0v) is 18.1. The molecule has 0 aliphatic rings. The van der Waals surface area contributed by atoms with Gasteiger partial charge in [-0.05, 0) is 55.8 Å². The molecule has 31 heavy (non-hydrogen) atoms. The molecular weight excluding hydrogens is 415 g/mol. The Morgan fingerprint density at radius 1 is 1.00 bits per heavy atom. The highest BCUT2D eigenvalue weighted by Crippen LogP contribution is 2.24. The second-order valence-corrected chi connectivity index (χ2v) is 9.32. The Bertz CT molecular complexity index is 1430. The third kappa shape index (κ3) is 3.88. The maximum absolute atomic E-state index is 14.8. The average molecular weight is 437 g/mol. The topological polar surface area (TPSA) is 79.0 Å². The molecule has 5 nitrogen and oxygen atoms in total. The van der Waals surface area contributed by atoms with Crippen LogP contribution in [-0.2, 0) is 16.3 Å². The van der Waals surface area contributed by atoms with E-state index in [4.69, 9.17) is 0 Å². The van der Waals surface area contributed by atoms with Gasteiger partial charge in [0.1, 0.15) is 5.82 Å². The standard InChI is InChI=1S/C24H21FN2O3S/c1-24(2,14-7-6-8-15(11-14)31(3)30)27-23(29)17-13-21-18(12-19(17)25)22(28)16-9-4-5-10-20(16)26-21/h4-13H,1-3H3,(H,26,28)(H,27,29). The van der Waals surface area contributed by atoms with E-state index in [0.717, 1.165) is 11.6 Å². The Morgan fingerprint density at radius 3 is 2.48 bits per heavy atom. The van der Waals surface area contributed by atoms with Crippen LogP contribution in [0.3, 0.4) is 0 Å². The van der Waals surface area contributed by atoms with Crippen LogP contribution >= 0.6 is 0 Å². The van der Waals surface area contributed by atoms with Crippen molar-refractivity contribution in [1.29, 1.82) is 0 Å². The highest BCUT2D eigenvalue weighted by Gasteiger charge is 2.26. The number of pyridine rings is 1. The van der Waals surface area contributed by atoms with Crippen molar-refractivity contribution in [3.05, 3.63) is 87.8 Å². The van der Waals surface area contributed by atoms with E-state index in [-0.39, 0.29) is 16.4 Å². The number of hydrogen-bond donors (Lipinski definition) is 2. The minimum absolute atomic E-state index is 0.165. The fourth-order valence-electron chi connectivity index (χ4n) is 3.61. The Morgan fingerprint density at radius 2 is 1.74 bits per heavy atom. The molecule has 1 aromatic heterocycles. The number of aromatic nitrogens is 1. The van der Waals surface area contributed by atoms with Crippen LogP contribution in [0.25, 0.3) is 21.8 Å². The van der Waals surface area contributed by atoms with Gasteiger partial charge in [-0.1, -0.05) is 24.3 Å². The molecule has 0 saturated heterocycles. The lowest BCUT2D eigenvalue weighted by Crippen LogP contribution is -2.41. The number of fused-ring (bicyclic) bond motifs is 2. The van der Waals surface area contributed by atoms with Gasteiger partial charge in [0.05, 0.1) is 16.6 Å². The molecule has 0 saturated carbocycles. The average Bonchev–Trinajstić information content (AvgIpc) is 2.74. The van der Waals surface area contributed by atoms with E-state index in [1.54, 1.807) is 62.6 Å². The number of para-hydroxylation sites is 1. The van der Waals surface area contributed by atoms with Gasteiger partial charge in [0.2, 0.25) is 0 Å². The van der Waals surface area contributed by atoms with E-state index in [1.165, 1.54) is 6.07 Å². The van der Waals surface area contributed by atoms with Crippen LogP contribution < -0.4 is 10.7 Å². The van der Waals surface area contributed by atoms with Gasteiger partial charge in [-0.15, -0.1) is 0 Å². The van der Waals surface area contributed by atoms with Gasteiger partial charge in [0.15, 0.2) is 5.43 Å². The summed E-state index contributed by atoms with van der Waals surface area (Å²) in [7, 11) is -1.16. The van der Waals surface area contributed by atoms with Gasteiger partial charge < -0.3 is 10.3 Å². The number of aromatic amines is 1. The molecule has 7 heteroatoms. The lowest BCUT2D eigenvalue weighted by molar-refractivity contribution is 0.0908. The van der Waals surface area contributed by atoms with Gasteiger partial charge in [-0.2, -0.15) is 0 Å². The SMILES string of the molecule is CS(=O)c1cccc(C(C)(C)NC(=O)c2cc3[nH]c4ccccc4c(=O)c3cc2F)c1. The largest absolute Gasteiger partial charge is 0.354 e. The number of hydrogen-bond acceptors (Lipinski definition) is 3. The summed E-state index contributed by atoms with van der Waals surface area (Å²) in [6.45, 7) is 3.58. The van der Waals surface area contributed by atoms with Crippen molar-refractivity contribution in [1.82, 2.24) is 10.3 Å². The van der Waals surface area contributed by atoms with Crippen LogP contribution in [0, 0.1) is 5.82 Å². The number of carbonyl (C=O) groups excluding carboxylic acids is 1. The maximum atomic E-state index is 14.8. The molecule has 1 atom stereocenters. The molecule has 0 spiro atoms. The number of benzene rings is 3. The summed E-state index contributed by atoms with van der Waals surface area (Å²) in [5, 5.41) is 3.49. The second kappa shape index (κ2) is 7.74. The van der Waals surface area contributed by atoms with E-state index in [1.807, 2.05) is 6.07 Å². The molecule has 1 heterocycles. The fourth-order valence-corrected chi connectivity index (χ4v) is 4.17. The van der Waals surface area contributed by atoms with Crippen molar-refractivity contribution in [2.45, 2.75) is 24.3 Å². The molecule has 0 bridgehead atoms. The van der Waals surface area contributed by atoms with Crippen molar-refractivity contribution in [3.8, 4) is 0 Å². The van der Waals surface area contributed by atoms with Crippen LogP contribution in [0.5, 0.6) is 0 Å². The maximum Gasteiger partial charge on any atom is 0.255 e. The summed E-state index contributed by atoms with van der Waals surface area (Å²) in [4.78, 5) is 29.4. The smallest absolute Gasteiger partial charge is 0.255 e. The summed E-state index contributed by atoms with van der Waals surface area (Å²) < 4.78 is 26.6. The van der Waals surface area contributed by atoms with Gasteiger partial charge in [0.25, 0.3) is 5.91 Å². The minimum Gasteiger partial charge on any atom is -0.354 e. The normalized spacial score (nSPS) is 12.8. The van der Waals surface area contributed by atoms with Crippen LogP contribution in [-0.4, -0.2) is 21.4 Å². The zero-order valence-electron chi connectivity index (χ0n) is 17.3. The van der Waals surface area contributed by atoms with E-state index in [9.17, 15) is 18.2 Å². The van der Waals surface area contributed by atoms with Crippen LogP contribution in [0.15, 0.2) is 70.4 Å². The molecule has 2 N–H and O–H groups in total. The first-order valence-corrected chi connectivity index (χ1v) is 11.2. The van der Waals surface area contributed by atoms with Crippen LogP contribution in [0.2, 0.25) is 0 Å². The van der Waals surface area contributed by atoms with Crippen molar-refractivity contribution in [2.24, 2.45) is 0 Å². The van der Waals surface area contributed by atoms with E-state index >= 15 is 0 Å². The lowest BCUT2D eigenvalue weighted by atomic mass is 9.93. The summed E-state index contributed by atoms with van der Waals surface area (Å²) >= 11 is 0. The second-order valence-electron chi connectivity index (χ2n) is 7.94. The minimum atomic E-state index is -1.16. The molecule has 4 rings (SSSR count). The number of nitrogens with one attached hydrogen (secondary N) is 2. The van der Waals surface area contributed by atoms with Crippen molar-refractivity contribution >= 4 is 38.5 Å². The van der Waals surface area contributed by atoms with Gasteiger partial charge >= 0.3 is 0 Å². The van der Waals surface area contributed by atoms with E-state index in [0.29, 0.717) is 21.3 Å². The molecule has 3 aromatic carbocycles. The zero-order chi connectivity index (χ0) is 22.3. The van der Waals surface area contributed by atoms with Crippen molar-refractivity contribution in [3.63, 3.8) is 0 Å². The first-order valence-electron chi connectivity index (χ1n) is 9.68. The molecular formula is C24H21FN2O3S. The lowest BCUT2D eigenvalue weighted by Gasteiger charge is -2.27. The Balaban J connectivity index is 1.74. The molecule has 0 fully saturated rings. The first-order chi connectivity index (χ1) is 14.7. The molecule has 158 valence electrons. The predicted molar refractivity (Wildman–Crippen MR) is 121 cm³/mol. The van der Waals surface area contributed by atoms with Gasteiger partial charge in [0, 0.05) is 38.2 Å². The fraction of sp³-hybridized carbons (Fsp3) is 0.167. The first kappa shape index (κ1) is 20.9. The Labute approximate surface area is 180 Å². The quantitative estimate of drug-likeness (QED) is 0.470. The summed E-state index contributed by atoms with van der Waals surface area (Å²) in [6, 6.07) is 16.5. The molecule has 1 amide bonds. The number of halogens is 1. The van der Waals surface area contributed by atoms with Crippen molar-refractivity contribution in [2.75, 3.05) is 6.26 Å². The highest BCUT2D eigenvalue weighted by molar-refractivity contribution is 7.84. The third-order valence-electron chi connectivity index (χ3n) is 5.35. The number of carbonyl (C=O) groups is 1. The Hall–Kier alpha value is -3.32. The van der Waals surface area contributed by atoms with Gasteiger partial charge in [-0.25, -0.2) is 4.39 Å². The molecule has 0 aliphatic carbocycles. The van der Waals surface area contributed by atoms with E-state index < -0.39 is 28.1 Å². The van der Waals surface area contributed by atoms with E-state index in [2.05, 4.69) is 10.3 Å². The van der Waals surface area contributed by atoms with Crippen LogP contribution in [0.4, 0.5) is 4.39 Å². The number of amides is 1. The molecule has 0 aliphatic heterocycles. The monoisotopic (exact) mass is 436 g/mol. The number of rotatable bonds is 4. The summed E-state index contributed by atoms with van der Waals surface area (Å²) in [6.07, 6.45) is 1.58. The molecule has 1 unspecified atom stereocenters. The number of H-pyrrole nitrogens is 1. The predicted octanol–water partition coefficient (Wildman–Crippen LogP) is 4.22. The Kier molecular flexibility index (Phi) is 5.23. The highest BCUT2D eigenvalue weighted by atomic mass is 32.2. The molecule has 4 aromatic rings. The van der Waals surface area contributed by atoms with Gasteiger partial charge in [-0.3, -0.25) is 13.8 Å². The summed E-state index contributed by atoms with van der Waals surface area (Å²) in [5.74, 6) is -1.38. The molecule has 0 radical (unpaired) electrons. The summed E-state index contributed by atoms with van der Waals surface area (Å²) in [5.41, 5.74) is 0.444. The van der Waals surface area contributed by atoms with Crippen molar-refractivity contribution < 1.29 is 13.4 Å². The third-order valence-corrected chi connectivity index (χ3v) is 6.27. The van der Waals surface area contributed by atoms with Crippen LogP contribution in [0.1, 0.15) is 29.8 Å².